The zero-order valence-electron chi connectivity index (χ0n) is 9.07. The number of rotatable bonds is 2. The molecule has 1 amide bonds. The summed E-state index contributed by atoms with van der Waals surface area (Å²) in [5.74, 6) is -0.451. The molecular formula is C11H12FN3OS. The van der Waals surface area contributed by atoms with Crippen molar-refractivity contribution in [1.29, 1.82) is 0 Å². The summed E-state index contributed by atoms with van der Waals surface area (Å²) in [6, 6.07) is 4.23. The van der Waals surface area contributed by atoms with Gasteiger partial charge in [0.1, 0.15) is 10.8 Å². The quantitative estimate of drug-likeness (QED) is 0.749. The van der Waals surface area contributed by atoms with Crippen molar-refractivity contribution in [1.82, 2.24) is 5.32 Å². The molecule has 0 aliphatic carbocycles. The van der Waals surface area contributed by atoms with Crippen molar-refractivity contribution in [2.75, 3.05) is 24.5 Å². The van der Waals surface area contributed by atoms with Gasteiger partial charge in [0, 0.05) is 24.3 Å². The van der Waals surface area contributed by atoms with Crippen LogP contribution in [0, 0.1) is 5.82 Å². The van der Waals surface area contributed by atoms with E-state index in [4.69, 9.17) is 18.0 Å². The van der Waals surface area contributed by atoms with E-state index in [1.54, 1.807) is 6.07 Å². The highest BCUT2D eigenvalue weighted by molar-refractivity contribution is 7.80. The molecule has 6 heteroatoms. The van der Waals surface area contributed by atoms with Gasteiger partial charge in [-0.3, -0.25) is 4.79 Å². The Bertz CT molecular complexity index is 478. The first-order valence-corrected chi connectivity index (χ1v) is 5.60. The second kappa shape index (κ2) is 4.67. The molecule has 1 aromatic rings. The van der Waals surface area contributed by atoms with Crippen molar-refractivity contribution in [2.45, 2.75) is 0 Å². The zero-order chi connectivity index (χ0) is 12.4. The number of nitrogens with zero attached hydrogens (tertiary/aromatic N) is 1. The lowest BCUT2D eigenvalue weighted by Gasteiger charge is -2.30. The zero-order valence-corrected chi connectivity index (χ0v) is 9.89. The van der Waals surface area contributed by atoms with E-state index in [0.717, 1.165) is 0 Å². The van der Waals surface area contributed by atoms with Crippen molar-refractivity contribution in [3.8, 4) is 0 Å². The lowest BCUT2D eigenvalue weighted by atomic mass is 10.1. The van der Waals surface area contributed by atoms with Gasteiger partial charge in [0.15, 0.2) is 0 Å². The SMILES string of the molecule is NC(=S)c1cc(F)ccc1N1CCNC(=O)C1. The van der Waals surface area contributed by atoms with Gasteiger partial charge in [-0.2, -0.15) is 0 Å². The molecule has 0 radical (unpaired) electrons. The number of thiocarbonyl (C=S) groups is 1. The van der Waals surface area contributed by atoms with E-state index in [0.29, 0.717) is 24.3 Å². The summed E-state index contributed by atoms with van der Waals surface area (Å²) in [4.78, 5) is 13.3. The lowest BCUT2D eigenvalue weighted by molar-refractivity contribution is -0.120. The molecular weight excluding hydrogens is 241 g/mol. The lowest BCUT2D eigenvalue weighted by Crippen LogP contribution is -2.48. The van der Waals surface area contributed by atoms with Crippen LogP contribution in [0.2, 0.25) is 0 Å². The third-order valence-electron chi connectivity index (χ3n) is 2.60. The highest BCUT2D eigenvalue weighted by atomic mass is 32.1. The fourth-order valence-electron chi connectivity index (χ4n) is 1.83. The van der Waals surface area contributed by atoms with E-state index in [9.17, 15) is 9.18 Å². The van der Waals surface area contributed by atoms with Crippen molar-refractivity contribution in [2.24, 2.45) is 5.73 Å². The predicted octanol–water partition coefficient (Wildman–Crippen LogP) is 0.396. The van der Waals surface area contributed by atoms with Crippen LogP contribution in [0.25, 0.3) is 0 Å². The molecule has 1 aliphatic heterocycles. The molecule has 0 saturated carbocycles. The minimum absolute atomic E-state index is 0.0607. The van der Waals surface area contributed by atoms with Gasteiger partial charge >= 0.3 is 0 Å². The van der Waals surface area contributed by atoms with Crippen LogP contribution in [-0.4, -0.2) is 30.5 Å². The van der Waals surface area contributed by atoms with Crippen LogP contribution in [0.3, 0.4) is 0 Å². The van der Waals surface area contributed by atoms with Gasteiger partial charge in [0.2, 0.25) is 5.91 Å². The topological polar surface area (TPSA) is 58.4 Å². The molecule has 1 fully saturated rings. The summed E-state index contributed by atoms with van der Waals surface area (Å²) in [6.45, 7) is 1.46. The summed E-state index contributed by atoms with van der Waals surface area (Å²) in [5, 5.41) is 2.72. The van der Waals surface area contributed by atoms with Crippen molar-refractivity contribution >= 4 is 28.8 Å². The molecule has 1 heterocycles. The third kappa shape index (κ3) is 2.52. The highest BCUT2D eigenvalue weighted by Crippen LogP contribution is 2.22. The van der Waals surface area contributed by atoms with E-state index in [2.05, 4.69) is 5.32 Å². The maximum absolute atomic E-state index is 13.1. The van der Waals surface area contributed by atoms with Crippen molar-refractivity contribution in [3.63, 3.8) is 0 Å². The van der Waals surface area contributed by atoms with Gasteiger partial charge < -0.3 is 16.0 Å². The first-order chi connectivity index (χ1) is 8.08. The number of nitrogens with two attached hydrogens (primary N) is 1. The van der Waals surface area contributed by atoms with E-state index < -0.39 is 5.82 Å². The van der Waals surface area contributed by atoms with Gasteiger partial charge in [-0.25, -0.2) is 4.39 Å². The van der Waals surface area contributed by atoms with Crippen molar-refractivity contribution < 1.29 is 9.18 Å². The third-order valence-corrected chi connectivity index (χ3v) is 2.82. The molecule has 0 aromatic heterocycles. The number of carbonyl (C=O) groups is 1. The second-order valence-electron chi connectivity index (χ2n) is 3.80. The summed E-state index contributed by atoms with van der Waals surface area (Å²) >= 11 is 4.89. The minimum Gasteiger partial charge on any atom is -0.389 e. The van der Waals surface area contributed by atoms with Gasteiger partial charge in [0.05, 0.1) is 6.54 Å². The number of benzene rings is 1. The molecule has 4 nitrogen and oxygen atoms in total. The molecule has 1 saturated heterocycles. The number of nitrogens with one attached hydrogen (secondary N) is 1. The van der Waals surface area contributed by atoms with Crippen LogP contribution < -0.4 is 16.0 Å². The normalized spacial score (nSPS) is 15.6. The maximum Gasteiger partial charge on any atom is 0.239 e. The number of amides is 1. The molecule has 90 valence electrons. The Morgan fingerprint density at radius 2 is 2.29 bits per heavy atom. The van der Waals surface area contributed by atoms with E-state index in [1.807, 2.05) is 4.90 Å². The van der Waals surface area contributed by atoms with Crippen LogP contribution in [0.5, 0.6) is 0 Å². The van der Waals surface area contributed by atoms with Gasteiger partial charge in [0.25, 0.3) is 0 Å². The van der Waals surface area contributed by atoms with Gasteiger partial charge in [-0.05, 0) is 18.2 Å². The number of anilines is 1. The Kier molecular flexibility index (Phi) is 3.23. The van der Waals surface area contributed by atoms with Crippen LogP contribution in [0.4, 0.5) is 10.1 Å². The summed E-state index contributed by atoms with van der Waals surface area (Å²) in [5.41, 5.74) is 6.73. The van der Waals surface area contributed by atoms with Gasteiger partial charge in [-0.1, -0.05) is 12.2 Å². The number of hydrogen-bond donors (Lipinski definition) is 2. The number of carbonyl (C=O) groups excluding carboxylic acids is 1. The summed E-state index contributed by atoms with van der Waals surface area (Å²) < 4.78 is 13.1. The smallest absolute Gasteiger partial charge is 0.239 e. The molecule has 0 atom stereocenters. The van der Waals surface area contributed by atoms with E-state index >= 15 is 0 Å². The summed E-state index contributed by atoms with van der Waals surface area (Å²) in [7, 11) is 0. The highest BCUT2D eigenvalue weighted by Gasteiger charge is 2.19. The molecule has 0 spiro atoms. The fraction of sp³-hybridized carbons (Fsp3) is 0.273. The Morgan fingerprint density at radius 3 is 2.94 bits per heavy atom. The molecule has 1 aliphatic rings. The molecule has 1 aromatic carbocycles. The standard InChI is InChI=1S/C11H12FN3OS/c12-7-1-2-9(8(5-7)11(13)17)15-4-3-14-10(16)6-15/h1-2,5H,3-4,6H2,(H2,13,17)(H,14,16). The number of piperazine rings is 1. The molecule has 17 heavy (non-hydrogen) atoms. The largest absolute Gasteiger partial charge is 0.389 e. The van der Waals surface area contributed by atoms with Crippen LogP contribution in [0.1, 0.15) is 5.56 Å². The fourth-order valence-corrected chi connectivity index (χ4v) is 1.99. The predicted molar refractivity (Wildman–Crippen MR) is 67.5 cm³/mol. The maximum atomic E-state index is 13.1. The number of hydrogen-bond acceptors (Lipinski definition) is 3. The molecule has 0 unspecified atom stereocenters. The van der Waals surface area contributed by atoms with Crippen LogP contribution in [-0.2, 0) is 4.79 Å². The van der Waals surface area contributed by atoms with E-state index in [1.165, 1.54) is 12.1 Å². The second-order valence-corrected chi connectivity index (χ2v) is 4.24. The molecule has 3 N–H and O–H groups in total. The first kappa shape index (κ1) is 11.8. The van der Waals surface area contributed by atoms with Crippen molar-refractivity contribution in [3.05, 3.63) is 29.6 Å². The monoisotopic (exact) mass is 253 g/mol. The Hall–Kier alpha value is -1.69. The van der Waals surface area contributed by atoms with Crippen LogP contribution >= 0.6 is 12.2 Å². The Balaban J connectivity index is 2.37. The molecule has 2 rings (SSSR count). The van der Waals surface area contributed by atoms with Gasteiger partial charge in [-0.15, -0.1) is 0 Å². The van der Waals surface area contributed by atoms with E-state index in [-0.39, 0.29) is 17.4 Å². The summed E-state index contributed by atoms with van der Waals surface area (Å²) in [6.07, 6.45) is 0. The average Bonchev–Trinajstić information content (AvgIpc) is 2.28. The average molecular weight is 253 g/mol. The number of halogens is 1. The Labute approximate surface area is 104 Å². The minimum atomic E-state index is -0.391. The first-order valence-electron chi connectivity index (χ1n) is 5.19. The van der Waals surface area contributed by atoms with Crippen LogP contribution in [0.15, 0.2) is 18.2 Å². The Morgan fingerprint density at radius 1 is 1.53 bits per heavy atom. The molecule has 0 bridgehead atoms.